The Morgan fingerprint density at radius 3 is 2.96 bits per heavy atom. The van der Waals surface area contributed by atoms with Crippen LogP contribution < -0.4 is 10.1 Å². The molecule has 2 aromatic rings. The van der Waals surface area contributed by atoms with Gasteiger partial charge in [-0.3, -0.25) is 4.98 Å². The average molecular weight is 312 g/mol. The zero-order valence-corrected chi connectivity index (χ0v) is 13.4. The summed E-state index contributed by atoms with van der Waals surface area (Å²) in [6.07, 6.45) is 8.00. The third kappa shape index (κ3) is 4.53. The molecule has 1 unspecified atom stereocenters. The fraction of sp³-hybridized carbons (Fsp3) is 0.421. The molecule has 4 nitrogen and oxygen atoms in total. The Morgan fingerprint density at radius 1 is 1.17 bits per heavy atom. The molecule has 1 aliphatic rings. The van der Waals surface area contributed by atoms with Crippen molar-refractivity contribution in [2.45, 2.75) is 31.7 Å². The fourth-order valence-electron chi connectivity index (χ4n) is 2.95. The Labute approximate surface area is 137 Å². The Bertz CT molecular complexity index is 624. The fourth-order valence-corrected chi connectivity index (χ4v) is 2.95. The van der Waals surface area contributed by atoms with Crippen molar-refractivity contribution in [1.29, 1.82) is 0 Å². The highest BCUT2D eigenvalue weighted by Gasteiger charge is 2.13. The van der Waals surface area contributed by atoms with Crippen molar-refractivity contribution in [3.05, 3.63) is 48.3 Å². The summed E-state index contributed by atoms with van der Waals surface area (Å²) < 4.78 is 5.92. The van der Waals surface area contributed by atoms with Crippen molar-refractivity contribution >= 4 is 0 Å². The Kier molecular flexibility index (Phi) is 5.61. The van der Waals surface area contributed by atoms with Gasteiger partial charge in [-0.05, 0) is 43.0 Å². The molecule has 0 saturated carbocycles. The van der Waals surface area contributed by atoms with Crippen LogP contribution in [0, 0.1) is 0 Å². The lowest BCUT2D eigenvalue weighted by atomic mass is 10.0. The minimum atomic E-state index is 0.166. The standard InChI is InChI=1S/C19H24N2O2/c22-9-7-15-4-3-5-16(10-15)17-11-19(13-20-12-17)23-14-18-6-1-2-8-21-18/h3-5,10-13,18,21-22H,1-2,6-9,14H2. The van der Waals surface area contributed by atoms with Crippen molar-refractivity contribution < 1.29 is 9.84 Å². The number of ether oxygens (including phenoxy) is 1. The predicted octanol–water partition coefficient (Wildman–Crippen LogP) is 2.80. The zero-order valence-electron chi connectivity index (χ0n) is 13.4. The van der Waals surface area contributed by atoms with E-state index in [4.69, 9.17) is 9.84 Å². The minimum Gasteiger partial charge on any atom is -0.490 e. The van der Waals surface area contributed by atoms with Crippen LogP contribution in [0.1, 0.15) is 24.8 Å². The van der Waals surface area contributed by atoms with Crippen molar-refractivity contribution in [3.8, 4) is 16.9 Å². The molecule has 1 saturated heterocycles. The SMILES string of the molecule is OCCc1cccc(-c2cncc(OCC3CCCCN3)c2)c1. The number of nitrogens with zero attached hydrogens (tertiary/aromatic N) is 1. The van der Waals surface area contributed by atoms with Gasteiger partial charge >= 0.3 is 0 Å². The predicted molar refractivity (Wildman–Crippen MR) is 91.6 cm³/mol. The summed E-state index contributed by atoms with van der Waals surface area (Å²) in [4.78, 5) is 4.31. The molecule has 2 N–H and O–H groups in total. The van der Waals surface area contributed by atoms with Gasteiger partial charge in [-0.15, -0.1) is 0 Å². The number of rotatable bonds is 6. The van der Waals surface area contributed by atoms with Crippen molar-refractivity contribution in [2.24, 2.45) is 0 Å². The Hall–Kier alpha value is -1.91. The molecule has 23 heavy (non-hydrogen) atoms. The molecule has 4 heteroatoms. The van der Waals surface area contributed by atoms with E-state index in [9.17, 15) is 0 Å². The smallest absolute Gasteiger partial charge is 0.138 e. The number of nitrogens with one attached hydrogen (secondary N) is 1. The molecule has 1 aromatic carbocycles. The van der Waals surface area contributed by atoms with E-state index in [2.05, 4.69) is 22.4 Å². The van der Waals surface area contributed by atoms with Gasteiger partial charge in [0.2, 0.25) is 0 Å². The Balaban J connectivity index is 1.68. The van der Waals surface area contributed by atoms with Crippen LogP contribution in [0.5, 0.6) is 5.75 Å². The van der Waals surface area contributed by atoms with Gasteiger partial charge in [0.1, 0.15) is 12.4 Å². The lowest BCUT2D eigenvalue weighted by molar-refractivity contribution is 0.238. The largest absolute Gasteiger partial charge is 0.490 e. The molecule has 3 rings (SSSR count). The summed E-state index contributed by atoms with van der Waals surface area (Å²) in [7, 11) is 0. The van der Waals surface area contributed by atoms with Crippen LogP contribution in [0.15, 0.2) is 42.7 Å². The first-order valence-electron chi connectivity index (χ1n) is 8.36. The van der Waals surface area contributed by atoms with E-state index in [1.165, 1.54) is 19.3 Å². The maximum atomic E-state index is 9.08. The van der Waals surface area contributed by atoms with Crippen LogP contribution in [0.4, 0.5) is 0 Å². The quantitative estimate of drug-likeness (QED) is 0.861. The number of hydrogen-bond acceptors (Lipinski definition) is 4. The number of aromatic nitrogens is 1. The van der Waals surface area contributed by atoms with Crippen LogP contribution >= 0.6 is 0 Å². The summed E-state index contributed by atoms with van der Waals surface area (Å²) >= 11 is 0. The van der Waals surface area contributed by atoms with Gasteiger partial charge in [-0.1, -0.05) is 30.7 Å². The van der Waals surface area contributed by atoms with E-state index >= 15 is 0 Å². The highest BCUT2D eigenvalue weighted by atomic mass is 16.5. The molecule has 122 valence electrons. The van der Waals surface area contributed by atoms with E-state index in [1.54, 1.807) is 6.20 Å². The summed E-state index contributed by atoms with van der Waals surface area (Å²) in [5, 5.41) is 12.6. The summed E-state index contributed by atoms with van der Waals surface area (Å²) in [5.41, 5.74) is 3.27. The molecule has 0 amide bonds. The maximum Gasteiger partial charge on any atom is 0.138 e. The van der Waals surface area contributed by atoms with Gasteiger partial charge < -0.3 is 15.2 Å². The van der Waals surface area contributed by atoms with Gasteiger partial charge in [0.15, 0.2) is 0 Å². The summed E-state index contributed by atoms with van der Waals surface area (Å²) in [5.74, 6) is 0.808. The third-order valence-electron chi connectivity index (χ3n) is 4.24. The molecular weight excluding hydrogens is 288 g/mol. The second kappa shape index (κ2) is 8.09. The third-order valence-corrected chi connectivity index (χ3v) is 4.24. The van der Waals surface area contributed by atoms with Crippen molar-refractivity contribution in [2.75, 3.05) is 19.8 Å². The number of aliphatic hydroxyl groups is 1. The van der Waals surface area contributed by atoms with Crippen molar-refractivity contribution in [1.82, 2.24) is 10.3 Å². The van der Waals surface area contributed by atoms with Gasteiger partial charge in [0, 0.05) is 24.4 Å². The van der Waals surface area contributed by atoms with Crippen LogP contribution in [-0.2, 0) is 6.42 Å². The highest BCUT2D eigenvalue weighted by Crippen LogP contribution is 2.24. The van der Waals surface area contributed by atoms with Gasteiger partial charge in [-0.2, -0.15) is 0 Å². The first kappa shape index (κ1) is 16.0. The molecule has 0 bridgehead atoms. The summed E-state index contributed by atoms with van der Waals surface area (Å²) in [6.45, 7) is 1.94. The normalized spacial score (nSPS) is 17.9. The number of aliphatic hydroxyl groups excluding tert-OH is 1. The molecule has 0 aliphatic carbocycles. The number of hydrogen-bond donors (Lipinski definition) is 2. The van der Waals surface area contributed by atoms with E-state index in [1.807, 2.05) is 24.4 Å². The molecule has 0 radical (unpaired) electrons. The molecular formula is C19H24N2O2. The average Bonchev–Trinajstić information content (AvgIpc) is 2.62. The van der Waals surface area contributed by atoms with Gasteiger partial charge in [0.05, 0.1) is 6.20 Å². The molecule has 1 aromatic heterocycles. The van der Waals surface area contributed by atoms with E-state index in [0.29, 0.717) is 19.1 Å². The molecule has 1 aliphatic heterocycles. The second-order valence-corrected chi connectivity index (χ2v) is 6.04. The van der Waals surface area contributed by atoms with E-state index in [-0.39, 0.29) is 6.61 Å². The van der Waals surface area contributed by atoms with Crippen LogP contribution in [0.3, 0.4) is 0 Å². The van der Waals surface area contributed by atoms with Crippen LogP contribution in [0.2, 0.25) is 0 Å². The van der Waals surface area contributed by atoms with Crippen molar-refractivity contribution in [3.63, 3.8) is 0 Å². The number of benzene rings is 1. The molecule has 1 atom stereocenters. The Morgan fingerprint density at radius 2 is 2.13 bits per heavy atom. The van der Waals surface area contributed by atoms with E-state index < -0.39 is 0 Å². The highest BCUT2D eigenvalue weighted by molar-refractivity contribution is 5.64. The van der Waals surface area contributed by atoms with Gasteiger partial charge in [-0.25, -0.2) is 0 Å². The maximum absolute atomic E-state index is 9.08. The molecule has 1 fully saturated rings. The first-order chi connectivity index (χ1) is 11.3. The molecule has 0 spiro atoms. The molecule has 2 heterocycles. The first-order valence-corrected chi connectivity index (χ1v) is 8.36. The lowest BCUT2D eigenvalue weighted by Crippen LogP contribution is -2.38. The second-order valence-electron chi connectivity index (χ2n) is 6.04. The monoisotopic (exact) mass is 312 g/mol. The van der Waals surface area contributed by atoms with E-state index in [0.717, 1.165) is 29.0 Å². The number of piperidine rings is 1. The van der Waals surface area contributed by atoms with Crippen LogP contribution in [-0.4, -0.2) is 35.9 Å². The van der Waals surface area contributed by atoms with Gasteiger partial charge in [0.25, 0.3) is 0 Å². The lowest BCUT2D eigenvalue weighted by Gasteiger charge is -2.23. The minimum absolute atomic E-state index is 0.166. The van der Waals surface area contributed by atoms with Crippen LogP contribution in [0.25, 0.3) is 11.1 Å². The zero-order chi connectivity index (χ0) is 15.9. The summed E-state index contributed by atoms with van der Waals surface area (Å²) in [6, 6.07) is 10.7. The number of pyridine rings is 1. The topological polar surface area (TPSA) is 54.4 Å².